The molecule has 0 radical (unpaired) electrons. The van der Waals surface area contributed by atoms with Gasteiger partial charge in [-0.3, -0.25) is 14.9 Å². The van der Waals surface area contributed by atoms with E-state index in [1.807, 2.05) is 6.92 Å². The third kappa shape index (κ3) is 2.11. The molecule has 2 N–H and O–H groups in total. The van der Waals surface area contributed by atoms with Crippen molar-refractivity contribution in [3.63, 3.8) is 0 Å². The van der Waals surface area contributed by atoms with E-state index in [9.17, 15) is 9.59 Å². The van der Waals surface area contributed by atoms with E-state index >= 15 is 0 Å². The highest BCUT2D eigenvalue weighted by Gasteiger charge is 2.32. The van der Waals surface area contributed by atoms with E-state index in [2.05, 4.69) is 20.6 Å². The molecule has 0 saturated carbocycles. The first-order chi connectivity index (χ1) is 8.52. The van der Waals surface area contributed by atoms with Crippen LogP contribution >= 0.6 is 0 Å². The zero-order valence-electron chi connectivity index (χ0n) is 10.5. The zero-order valence-corrected chi connectivity index (χ0v) is 10.5. The third-order valence-corrected chi connectivity index (χ3v) is 2.86. The predicted octanol–water partition coefficient (Wildman–Crippen LogP) is -0.322. The summed E-state index contributed by atoms with van der Waals surface area (Å²) in [5.41, 5.74) is 0.823. The molecule has 2 amide bonds. The zero-order chi connectivity index (χ0) is 13.3. The molecular formula is C11H15N5O2. The largest absolute Gasteiger partial charge is 0.357 e. The number of carbonyl (C=O) groups is 2. The van der Waals surface area contributed by atoms with Gasteiger partial charge in [-0.25, -0.2) is 4.98 Å². The average molecular weight is 249 g/mol. The van der Waals surface area contributed by atoms with Gasteiger partial charge in [-0.05, 0) is 13.8 Å². The minimum atomic E-state index is -0.430. The van der Waals surface area contributed by atoms with E-state index in [4.69, 9.17) is 0 Å². The van der Waals surface area contributed by atoms with Crippen molar-refractivity contribution >= 4 is 23.6 Å². The first-order valence-electron chi connectivity index (χ1n) is 5.64. The fourth-order valence-electron chi connectivity index (χ4n) is 1.82. The lowest BCUT2D eigenvalue weighted by molar-refractivity contribution is -0.132. The molecule has 0 aliphatic carbocycles. The molecule has 2 heterocycles. The van der Waals surface area contributed by atoms with E-state index in [-0.39, 0.29) is 18.4 Å². The summed E-state index contributed by atoms with van der Waals surface area (Å²) >= 11 is 0. The van der Waals surface area contributed by atoms with E-state index < -0.39 is 6.04 Å². The first-order valence-corrected chi connectivity index (χ1v) is 5.64. The van der Waals surface area contributed by atoms with Crippen LogP contribution in [0.4, 0.5) is 11.8 Å². The maximum Gasteiger partial charge on any atom is 0.249 e. The van der Waals surface area contributed by atoms with Crippen LogP contribution in [0, 0.1) is 6.92 Å². The maximum absolute atomic E-state index is 11.6. The van der Waals surface area contributed by atoms with Gasteiger partial charge in [0.05, 0.1) is 6.54 Å². The molecule has 0 aromatic carbocycles. The molecule has 0 bridgehead atoms. The van der Waals surface area contributed by atoms with Gasteiger partial charge in [0.25, 0.3) is 0 Å². The second-order valence-electron chi connectivity index (χ2n) is 4.17. The van der Waals surface area contributed by atoms with Gasteiger partial charge in [-0.2, -0.15) is 4.98 Å². The lowest BCUT2D eigenvalue weighted by Gasteiger charge is -2.33. The van der Waals surface area contributed by atoms with Crippen LogP contribution in [0.15, 0.2) is 6.20 Å². The van der Waals surface area contributed by atoms with Crippen LogP contribution in [0.25, 0.3) is 0 Å². The summed E-state index contributed by atoms with van der Waals surface area (Å²) in [6, 6.07) is -0.430. The standard InChI is InChI=1S/C11H15N5O2/c1-6-4-13-11(12-3)15-9(6)16-5-8(17)14-10(18)7(16)2/h4,7H,5H2,1-3H3,(H,12,13,15)(H,14,17,18). The van der Waals surface area contributed by atoms with Crippen LogP contribution in [0.1, 0.15) is 12.5 Å². The molecule has 1 aliphatic rings. The number of nitrogens with zero attached hydrogens (tertiary/aromatic N) is 3. The minimum Gasteiger partial charge on any atom is -0.357 e. The monoisotopic (exact) mass is 249 g/mol. The van der Waals surface area contributed by atoms with Crippen LogP contribution in [0.5, 0.6) is 0 Å². The number of amides is 2. The van der Waals surface area contributed by atoms with Crippen molar-refractivity contribution in [2.45, 2.75) is 19.9 Å². The van der Waals surface area contributed by atoms with Crippen molar-refractivity contribution in [1.82, 2.24) is 15.3 Å². The number of hydrogen-bond donors (Lipinski definition) is 2. The molecule has 1 atom stereocenters. The predicted molar refractivity (Wildman–Crippen MR) is 66.3 cm³/mol. The molecule has 1 aromatic rings. The van der Waals surface area contributed by atoms with Gasteiger partial charge >= 0.3 is 0 Å². The topological polar surface area (TPSA) is 87.2 Å². The summed E-state index contributed by atoms with van der Waals surface area (Å²) in [6.07, 6.45) is 1.66. The van der Waals surface area contributed by atoms with Gasteiger partial charge in [0.2, 0.25) is 17.8 Å². The number of aryl methyl sites for hydroxylation is 1. The number of piperazine rings is 1. The van der Waals surface area contributed by atoms with E-state index in [0.29, 0.717) is 11.8 Å². The van der Waals surface area contributed by atoms with Crippen LogP contribution in [-0.4, -0.2) is 41.4 Å². The third-order valence-electron chi connectivity index (χ3n) is 2.86. The van der Waals surface area contributed by atoms with Crippen LogP contribution in [0.3, 0.4) is 0 Å². The smallest absolute Gasteiger partial charge is 0.249 e. The Bertz CT molecular complexity index is 502. The number of imide groups is 1. The normalized spacial score (nSPS) is 19.7. The SMILES string of the molecule is CNc1ncc(C)c(N2CC(=O)NC(=O)C2C)n1. The summed E-state index contributed by atoms with van der Waals surface area (Å²) in [7, 11) is 1.71. The first kappa shape index (κ1) is 12.3. The average Bonchev–Trinajstić information content (AvgIpc) is 2.34. The van der Waals surface area contributed by atoms with E-state index in [0.717, 1.165) is 5.56 Å². The summed E-state index contributed by atoms with van der Waals surface area (Å²) in [4.78, 5) is 33.1. The van der Waals surface area contributed by atoms with E-state index in [1.165, 1.54) is 0 Å². The molecule has 1 saturated heterocycles. The van der Waals surface area contributed by atoms with Crippen LogP contribution in [-0.2, 0) is 9.59 Å². The number of carbonyl (C=O) groups excluding carboxylic acids is 2. The summed E-state index contributed by atoms with van der Waals surface area (Å²) in [5, 5.41) is 5.13. The molecule has 1 unspecified atom stereocenters. The number of hydrogen-bond acceptors (Lipinski definition) is 6. The summed E-state index contributed by atoms with van der Waals surface area (Å²) < 4.78 is 0. The van der Waals surface area contributed by atoms with Crippen molar-refractivity contribution in [2.24, 2.45) is 0 Å². The lowest BCUT2D eigenvalue weighted by atomic mass is 10.2. The highest BCUT2D eigenvalue weighted by atomic mass is 16.2. The highest BCUT2D eigenvalue weighted by molar-refractivity contribution is 6.04. The number of nitrogens with one attached hydrogen (secondary N) is 2. The Hall–Kier alpha value is -2.18. The number of aromatic nitrogens is 2. The molecule has 2 rings (SSSR count). The molecule has 7 heteroatoms. The van der Waals surface area contributed by atoms with Crippen molar-refractivity contribution in [3.8, 4) is 0 Å². The highest BCUT2D eigenvalue weighted by Crippen LogP contribution is 2.21. The molecule has 1 aromatic heterocycles. The second-order valence-corrected chi connectivity index (χ2v) is 4.17. The second kappa shape index (κ2) is 4.59. The van der Waals surface area contributed by atoms with Crippen LogP contribution in [0.2, 0.25) is 0 Å². The molecule has 1 aliphatic heterocycles. The van der Waals surface area contributed by atoms with Gasteiger partial charge < -0.3 is 10.2 Å². The van der Waals surface area contributed by atoms with Crippen molar-refractivity contribution in [2.75, 3.05) is 23.8 Å². The molecular weight excluding hydrogens is 234 g/mol. The molecule has 18 heavy (non-hydrogen) atoms. The van der Waals surface area contributed by atoms with Crippen LogP contribution < -0.4 is 15.5 Å². The molecule has 1 fully saturated rings. The van der Waals surface area contributed by atoms with Gasteiger partial charge in [0, 0.05) is 18.8 Å². The Morgan fingerprint density at radius 3 is 2.89 bits per heavy atom. The summed E-state index contributed by atoms with van der Waals surface area (Å²) in [6.45, 7) is 3.70. The van der Waals surface area contributed by atoms with Crippen molar-refractivity contribution < 1.29 is 9.59 Å². The van der Waals surface area contributed by atoms with Crippen molar-refractivity contribution in [1.29, 1.82) is 0 Å². The Labute approximate surface area is 105 Å². The minimum absolute atomic E-state index is 0.119. The summed E-state index contributed by atoms with van der Waals surface area (Å²) in [5.74, 6) is 0.434. The molecule has 0 spiro atoms. The number of rotatable bonds is 2. The molecule has 96 valence electrons. The fraction of sp³-hybridized carbons (Fsp3) is 0.455. The Morgan fingerprint density at radius 2 is 2.22 bits per heavy atom. The quantitative estimate of drug-likeness (QED) is 0.698. The van der Waals surface area contributed by atoms with Gasteiger partial charge in [-0.1, -0.05) is 0 Å². The Kier molecular flexibility index (Phi) is 3.14. The van der Waals surface area contributed by atoms with E-state index in [1.54, 1.807) is 25.1 Å². The molecule has 7 nitrogen and oxygen atoms in total. The Morgan fingerprint density at radius 1 is 1.50 bits per heavy atom. The lowest BCUT2D eigenvalue weighted by Crippen LogP contribution is -2.57. The van der Waals surface area contributed by atoms with Crippen molar-refractivity contribution in [3.05, 3.63) is 11.8 Å². The maximum atomic E-state index is 11.6. The fourth-order valence-corrected chi connectivity index (χ4v) is 1.82. The Balaban J connectivity index is 2.40. The van der Waals surface area contributed by atoms with Gasteiger partial charge in [-0.15, -0.1) is 0 Å². The van der Waals surface area contributed by atoms with Gasteiger partial charge in [0.15, 0.2) is 0 Å². The van der Waals surface area contributed by atoms with Gasteiger partial charge in [0.1, 0.15) is 11.9 Å². The number of anilines is 2.